The fourth-order valence-corrected chi connectivity index (χ4v) is 3.06. The van der Waals surface area contributed by atoms with Crippen LogP contribution in [-0.4, -0.2) is 33.7 Å². The first-order valence-corrected chi connectivity index (χ1v) is 8.82. The van der Waals surface area contributed by atoms with Crippen molar-refractivity contribution >= 4 is 23.5 Å². The molecule has 3 aromatic rings. The van der Waals surface area contributed by atoms with Crippen molar-refractivity contribution in [3.8, 4) is 17.1 Å². The fraction of sp³-hybridized carbons (Fsp3) is 0.200. The minimum absolute atomic E-state index is 0.0231. The average molecular weight is 377 g/mol. The average Bonchev–Trinajstić information content (AvgIpc) is 3.12. The minimum Gasteiger partial charge on any atom is -0.495 e. The van der Waals surface area contributed by atoms with Gasteiger partial charge in [-0.3, -0.25) is 14.9 Å². The van der Waals surface area contributed by atoms with Gasteiger partial charge in [0.2, 0.25) is 17.8 Å². The normalized spacial score (nSPS) is 15.5. The van der Waals surface area contributed by atoms with Crippen LogP contribution >= 0.6 is 0 Å². The van der Waals surface area contributed by atoms with Crippen molar-refractivity contribution in [1.29, 1.82) is 0 Å². The Kier molecular flexibility index (Phi) is 4.52. The predicted molar refractivity (Wildman–Crippen MR) is 104 cm³/mol. The predicted octanol–water partition coefficient (Wildman–Crippen LogP) is 2.78. The first kappa shape index (κ1) is 17.7. The molecule has 0 aliphatic carbocycles. The van der Waals surface area contributed by atoms with Gasteiger partial charge in [-0.05, 0) is 19.1 Å². The van der Waals surface area contributed by atoms with Gasteiger partial charge in [0.15, 0.2) is 5.82 Å². The van der Waals surface area contributed by atoms with Gasteiger partial charge in [0.05, 0.1) is 19.2 Å². The zero-order chi connectivity index (χ0) is 19.7. The number of methoxy groups -OCH3 is 1. The molecule has 1 aliphatic heterocycles. The Hall–Kier alpha value is -3.68. The largest absolute Gasteiger partial charge is 0.495 e. The van der Waals surface area contributed by atoms with E-state index in [0.717, 1.165) is 11.1 Å². The number of anilines is 2. The molecular weight excluding hydrogens is 358 g/mol. The monoisotopic (exact) mass is 377 g/mol. The molecule has 0 radical (unpaired) electrons. The number of fused-ring (bicyclic) bond motifs is 1. The number of hydrogen-bond acceptors (Lipinski definition) is 5. The molecule has 0 bridgehead atoms. The van der Waals surface area contributed by atoms with Gasteiger partial charge in [-0.2, -0.15) is 4.98 Å². The SMILES string of the molecule is COc1ccccc1NC(=O)C1CC(=O)Nc2nc(-c3ccc(C)cc3)nn21. The van der Waals surface area contributed by atoms with Gasteiger partial charge < -0.3 is 10.1 Å². The minimum atomic E-state index is -0.805. The summed E-state index contributed by atoms with van der Waals surface area (Å²) >= 11 is 0. The van der Waals surface area contributed by atoms with E-state index in [2.05, 4.69) is 20.7 Å². The molecule has 142 valence electrons. The third-order valence-corrected chi connectivity index (χ3v) is 4.53. The number of ether oxygens (including phenoxy) is 1. The van der Waals surface area contributed by atoms with Gasteiger partial charge in [-0.25, -0.2) is 4.68 Å². The summed E-state index contributed by atoms with van der Waals surface area (Å²) in [5, 5.41) is 9.97. The van der Waals surface area contributed by atoms with Crippen molar-refractivity contribution < 1.29 is 14.3 Å². The van der Waals surface area contributed by atoms with Gasteiger partial charge in [-0.1, -0.05) is 42.0 Å². The van der Waals surface area contributed by atoms with Crippen LogP contribution < -0.4 is 15.4 Å². The quantitative estimate of drug-likeness (QED) is 0.729. The lowest BCUT2D eigenvalue weighted by Gasteiger charge is -2.22. The third kappa shape index (κ3) is 3.32. The second-order valence-corrected chi connectivity index (χ2v) is 6.53. The first-order valence-electron chi connectivity index (χ1n) is 8.82. The second kappa shape index (κ2) is 7.15. The first-order chi connectivity index (χ1) is 13.5. The molecule has 0 saturated carbocycles. The molecule has 28 heavy (non-hydrogen) atoms. The lowest BCUT2D eigenvalue weighted by molar-refractivity contribution is -0.125. The van der Waals surface area contributed by atoms with E-state index in [1.165, 1.54) is 11.8 Å². The van der Waals surface area contributed by atoms with Gasteiger partial charge in [-0.15, -0.1) is 5.10 Å². The Bertz CT molecular complexity index is 1040. The van der Waals surface area contributed by atoms with Crippen molar-refractivity contribution in [1.82, 2.24) is 14.8 Å². The lowest BCUT2D eigenvalue weighted by Crippen LogP contribution is -2.36. The number of aryl methyl sites for hydroxylation is 1. The van der Waals surface area contributed by atoms with Crippen molar-refractivity contribution in [3.05, 3.63) is 54.1 Å². The fourth-order valence-electron chi connectivity index (χ4n) is 3.06. The summed E-state index contributed by atoms with van der Waals surface area (Å²) in [6.07, 6.45) is -0.0231. The molecule has 1 unspecified atom stereocenters. The molecule has 4 rings (SSSR count). The molecule has 0 fully saturated rings. The van der Waals surface area contributed by atoms with Crippen LogP contribution in [0, 0.1) is 6.92 Å². The third-order valence-electron chi connectivity index (χ3n) is 4.53. The van der Waals surface area contributed by atoms with E-state index in [-0.39, 0.29) is 24.2 Å². The molecule has 2 N–H and O–H groups in total. The lowest BCUT2D eigenvalue weighted by atomic mass is 10.1. The van der Waals surface area contributed by atoms with E-state index in [0.29, 0.717) is 17.3 Å². The van der Waals surface area contributed by atoms with Crippen molar-refractivity contribution in [2.24, 2.45) is 0 Å². The summed E-state index contributed by atoms with van der Waals surface area (Å²) < 4.78 is 6.73. The van der Waals surface area contributed by atoms with Crippen LogP contribution in [0.25, 0.3) is 11.4 Å². The Morgan fingerprint density at radius 2 is 1.96 bits per heavy atom. The Morgan fingerprint density at radius 3 is 2.71 bits per heavy atom. The second-order valence-electron chi connectivity index (χ2n) is 6.53. The van der Waals surface area contributed by atoms with Gasteiger partial charge in [0.1, 0.15) is 11.8 Å². The molecule has 0 spiro atoms. The number of rotatable bonds is 4. The van der Waals surface area contributed by atoms with Crippen molar-refractivity contribution in [2.75, 3.05) is 17.7 Å². The standard InChI is InChI=1S/C20H19N5O3/c1-12-7-9-13(10-8-12)18-23-20-22-17(26)11-15(25(20)24-18)19(27)21-14-5-3-4-6-16(14)28-2/h3-10,15H,11H2,1-2H3,(H,21,27)(H,22,23,24,26). The number of nitrogens with zero attached hydrogens (tertiary/aromatic N) is 3. The highest BCUT2D eigenvalue weighted by Gasteiger charge is 2.33. The Balaban J connectivity index is 1.65. The van der Waals surface area contributed by atoms with Gasteiger partial charge in [0.25, 0.3) is 0 Å². The van der Waals surface area contributed by atoms with Crippen LogP contribution in [0.2, 0.25) is 0 Å². The van der Waals surface area contributed by atoms with Crippen LogP contribution in [0.5, 0.6) is 5.75 Å². The van der Waals surface area contributed by atoms with Crippen LogP contribution in [0.4, 0.5) is 11.6 Å². The number of para-hydroxylation sites is 2. The molecule has 8 heteroatoms. The Labute approximate surface area is 161 Å². The number of benzene rings is 2. The van der Waals surface area contributed by atoms with Crippen molar-refractivity contribution in [3.63, 3.8) is 0 Å². The number of carbonyl (C=O) groups excluding carboxylic acids is 2. The molecule has 2 heterocycles. The molecular formula is C20H19N5O3. The Morgan fingerprint density at radius 1 is 1.21 bits per heavy atom. The van der Waals surface area contributed by atoms with E-state index >= 15 is 0 Å². The summed E-state index contributed by atoms with van der Waals surface area (Å²) in [7, 11) is 1.53. The number of amides is 2. The van der Waals surface area contributed by atoms with Crippen molar-refractivity contribution in [2.45, 2.75) is 19.4 Å². The number of carbonyl (C=O) groups is 2. The molecule has 1 aliphatic rings. The van der Waals surface area contributed by atoms with Crippen LogP contribution in [0.1, 0.15) is 18.0 Å². The van der Waals surface area contributed by atoms with E-state index in [1.807, 2.05) is 37.3 Å². The summed E-state index contributed by atoms with van der Waals surface area (Å²) in [6, 6.07) is 14.0. The van der Waals surface area contributed by atoms with Gasteiger partial charge in [0, 0.05) is 5.56 Å². The zero-order valence-electron chi connectivity index (χ0n) is 15.5. The maximum Gasteiger partial charge on any atom is 0.250 e. The summed E-state index contributed by atoms with van der Waals surface area (Å²) in [5.74, 6) is 0.603. The van der Waals surface area contributed by atoms with E-state index in [1.54, 1.807) is 18.2 Å². The number of hydrogen-bond donors (Lipinski definition) is 2. The molecule has 8 nitrogen and oxygen atoms in total. The van der Waals surface area contributed by atoms with E-state index in [4.69, 9.17) is 4.74 Å². The molecule has 2 aromatic carbocycles. The van der Waals surface area contributed by atoms with Crippen LogP contribution in [-0.2, 0) is 9.59 Å². The topological polar surface area (TPSA) is 98.1 Å². The summed E-state index contributed by atoms with van der Waals surface area (Å²) in [4.78, 5) is 29.4. The van der Waals surface area contributed by atoms with Crippen LogP contribution in [0.15, 0.2) is 48.5 Å². The highest BCUT2D eigenvalue weighted by atomic mass is 16.5. The molecule has 2 amide bonds. The number of nitrogens with one attached hydrogen (secondary N) is 2. The molecule has 0 saturated heterocycles. The summed E-state index contributed by atoms with van der Waals surface area (Å²) in [6.45, 7) is 1.99. The molecule has 1 aromatic heterocycles. The molecule has 1 atom stereocenters. The smallest absolute Gasteiger partial charge is 0.250 e. The summed E-state index contributed by atoms with van der Waals surface area (Å²) in [5.41, 5.74) is 2.46. The van der Waals surface area contributed by atoms with E-state index in [9.17, 15) is 9.59 Å². The van der Waals surface area contributed by atoms with Crippen LogP contribution in [0.3, 0.4) is 0 Å². The highest BCUT2D eigenvalue weighted by molar-refractivity contribution is 6.01. The van der Waals surface area contributed by atoms with Gasteiger partial charge >= 0.3 is 0 Å². The highest BCUT2D eigenvalue weighted by Crippen LogP contribution is 2.29. The van der Waals surface area contributed by atoms with E-state index < -0.39 is 6.04 Å². The maximum atomic E-state index is 12.9. The zero-order valence-corrected chi connectivity index (χ0v) is 15.5. The number of aromatic nitrogens is 3. The maximum absolute atomic E-state index is 12.9.